The SMILES string of the molecule is CCCc1cc(Cc2ccccc2C)ccc1Cc1ccccc1. The van der Waals surface area contributed by atoms with Gasteiger partial charge in [-0.15, -0.1) is 0 Å². The van der Waals surface area contributed by atoms with Crippen LogP contribution in [0.3, 0.4) is 0 Å². The van der Waals surface area contributed by atoms with Crippen molar-refractivity contribution >= 4 is 0 Å². The van der Waals surface area contributed by atoms with Gasteiger partial charge in [-0.05, 0) is 59.6 Å². The van der Waals surface area contributed by atoms with E-state index in [1.54, 1.807) is 0 Å². The van der Waals surface area contributed by atoms with Crippen LogP contribution in [0.2, 0.25) is 0 Å². The molecule has 0 saturated carbocycles. The van der Waals surface area contributed by atoms with Crippen molar-refractivity contribution in [3.63, 3.8) is 0 Å². The first kappa shape index (κ1) is 16.5. The molecule has 3 rings (SSSR count). The molecule has 0 nitrogen and oxygen atoms in total. The van der Waals surface area contributed by atoms with E-state index in [0.717, 1.165) is 19.3 Å². The highest BCUT2D eigenvalue weighted by molar-refractivity contribution is 5.39. The van der Waals surface area contributed by atoms with Crippen LogP contribution in [0, 0.1) is 6.92 Å². The number of rotatable bonds is 6. The lowest BCUT2D eigenvalue weighted by Gasteiger charge is -2.13. The molecule has 0 aromatic heterocycles. The van der Waals surface area contributed by atoms with Crippen LogP contribution in [0.25, 0.3) is 0 Å². The Morgan fingerprint density at radius 1 is 0.625 bits per heavy atom. The zero-order valence-electron chi connectivity index (χ0n) is 14.8. The second-order valence-corrected chi connectivity index (χ2v) is 6.62. The van der Waals surface area contributed by atoms with E-state index in [1.165, 1.54) is 39.8 Å². The summed E-state index contributed by atoms with van der Waals surface area (Å²) in [6, 6.07) is 26.5. The molecular formula is C24H26. The van der Waals surface area contributed by atoms with Gasteiger partial charge in [0.2, 0.25) is 0 Å². The van der Waals surface area contributed by atoms with Crippen LogP contribution in [0.4, 0.5) is 0 Å². The van der Waals surface area contributed by atoms with Gasteiger partial charge < -0.3 is 0 Å². The molecule has 0 aliphatic carbocycles. The maximum atomic E-state index is 2.42. The number of benzene rings is 3. The van der Waals surface area contributed by atoms with E-state index in [2.05, 4.69) is 86.6 Å². The Labute approximate surface area is 146 Å². The fourth-order valence-corrected chi connectivity index (χ4v) is 3.31. The summed E-state index contributed by atoms with van der Waals surface area (Å²) in [4.78, 5) is 0. The van der Waals surface area contributed by atoms with E-state index in [0.29, 0.717) is 0 Å². The van der Waals surface area contributed by atoms with Gasteiger partial charge in [0.05, 0.1) is 0 Å². The van der Waals surface area contributed by atoms with Crippen LogP contribution < -0.4 is 0 Å². The molecule has 3 aromatic carbocycles. The minimum Gasteiger partial charge on any atom is -0.0651 e. The maximum absolute atomic E-state index is 2.42. The molecule has 0 N–H and O–H groups in total. The standard InChI is InChI=1S/C24H26/c1-3-9-23-18-21(17-22-13-8-7-10-19(22)2)14-15-24(23)16-20-11-5-4-6-12-20/h4-8,10-15,18H,3,9,16-17H2,1-2H3. The summed E-state index contributed by atoms with van der Waals surface area (Å²) in [6.45, 7) is 4.46. The highest BCUT2D eigenvalue weighted by Crippen LogP contribution is 2.21. The second kappa shape index (κ2) is 7.97. The van der Waals surface area contributed by atoms with Crippen LogP contribution in [-0.4, -0.2) is 0 Å². The molecule has 0 saturated heterocycles. The Kier molecular flexibility index (Phi) is 5.48. The van der Waals surface area contributed by atoms with E-state index < -0.39 is 0 Å². The molecule has 0 heterocycles. The molecule has 0 aliphatic heterocycles. The van der Waals surface area contributed by atoms with Gasteiger partial charge in [0.15, 0.2) is 0 Å². The van der Waals surface area contributed by atoms with Crippen LogP contribution in [0.15, 0.2) is 72.8 Å². The molecule has 0 fully saturated rings. The summed E-state index contributed by atoms with van der Waals surface area (Å²) in [5, 5.41) is 0. The lowest BCUT2D eigenvalue weighted by Crippen LogP contribution is -1.99. The lowest BCUT2D eigenvalue weighted by atomic mass is 9.92. The molecule has 3 aromatic rings. The Morgan fingerprint density at radius 3 is 2.08 bits per heavy atom. The number of hydrogen-bond donors (Lipinski definition) is 0. The van der Waals surface area contributed by atoms with Crippen molar-refractivity contribution < 1.29 is 0 Å². The molecule has 0 amide bonds. The van der Waals surface area contributed by atoms with Gasteiger partial charge in [-0.25, -0.2) is 0 Å². The molecule has 0 unspecified atom stereocenters. The number of hydrogen-bond acceptors (Lipinski definition) is 0. The summed E-state index contributed by atoms with van der Waals surface area (Å²) in [5.74, 6) is 0. The van der Waals surface area contributed by atoms with Crippen molar-refractivity contribution in [1.29, 1.82) is 0 Å². The zero-order chi connectivity index (χ0) is 16.8. The minimum absolute atomic E-state index is 1.02. The van der Waals surface area contributed by atoms with E-state index in [-0.39, 0.29) is 0 Å². The normalized spacial score (nSPS) is 10.8. The van der Waals surface area contributed by atoms with Crippen LogP contribution in [0.1, 0.15) is 46.7 Å². The van der Waals surface area contributed by atoms with Gasteiger partial charge in [-0.2, -0.15) is 0 Å². The zero-order valence-corrected chi connectivity index (χ0v) is 14.8. The highest BCUT2D eigenvalue weighted by Gasteiger charge is 2.06. The van der Waals surface area contributed by atoms with Crippen LogP contribution >= 0.6 is 0 Å². The summed E-state index contributed by atoms with van der Waals surface area (Å²) in [5.41, 5.74) is 8.59. The third-order valence-electron chi connectivity index (χ3n) is 4.68. The monoisotopic (exact) mass is 314 g/mol. The summed E-state index contributed by atoms with van der Waals surface area (Å²) < 4.78 is 0. The first-order chi connectivity index (χ1) is 11.8. The van der Waals surface area contributed by atoms with Crippen LogP contribution in [0.5, 0.6) is 0 Å². The van der Waals surface area contributed by atoms with Crippen molar-refractivity contribution in [3.05, 3.63) is 106 Å². The predicted octanol–water partition coefficient (Wildman–Crippen LogP) is 6.13. The number of aryl methyl sites for hydroxylation is 2. The molecule has 0 aliphatic rings. The Hall–Kier alpha value is -2.34. The van der Waals surface area contributed by atoms with Gasteiger partial charge >= 0.3 is 0 Å². The Balaban J connectivity index is 1.85. The molecule has 0 radical (unpaired) electrons. The topological polar surface area (TPSA) is 0 Å². The van der Waals surface area contributed by atoms with Gasteiger partial charge in [0, 0.05) is 0 Å². The third kappa shape index (κ3) is 4.14. The van der Waals surface area contributed by atoms with Gasteiger partial charge in [-0.3, -0.25) is 0 Å². The Morgan fingerprint density at radius 2 is 1.33 bits per heavy atom. The first-order valence-electron chi connectivity index (χ1n) is 8.95. The fourth-order valence-electron chi connectivity index (χ4n) is 3.31. The highest BCUT2D eigenvalue weighted by atomic mass is 14.1. The quantitative estimate of drug-likeness (QED) is 0.513. The molecule has 0 spiro atoms. The van der Waals surface area contributed by atoms with Gasteiger partial charge in [-0.1, -0.05) is 86.1 Å². The molecule has 0 bridgehead atoms. The molecule has 122 valence electrons. The summed E-state index contributed by atoms with van der Waals surface area (Å²) in [7, 11) is 0. The van der Waals surface area contributed by atoms with Crippen molar-refractivity contribution in [2.45, 2.75) is 39.5 Å². The van der Waals surface area contributed by atoms with Gasteiger partial charge in [0.25, 0.3) is 0 Å². The van der Waals surface area contributed by atoms with Crippen LogP contribution in [-0.2, 0) is 19.3 Å². The molecule has 0 heteroatoms. The Bertz CT molecular complexity index is 784. The molecular weight excluding hydrogens is 288 g/mol. The summed E-state index contributed by atoms with van der Waals surface area (Å²) in [6.07, 6.45) is 4.40. The molecule has 0 atom stereocenters. The minimum atomic E-state index is 1.02. The van der Waals surface area contributed by atoms with Gasteiger partial charge in [0.1, 0.15) is 0 Å². The lowest BCUT2D eigenvalue weighted by molar-refractivity contribution is 0.899. The van der Waals surface area contributed by atoms with E-state index in [4.69, 9.17) is 0 Å². The predicted molar refractivity (Wildman–Crippen MR) is 104 cm³/mol. The fraction of sp³-hybridized carbons (Fsp3) is 0.250. The summed E-state index contributed by atoms with van der Waals surface area (Å²) >= 11 is 0. The van der Waals surface area contributed by atoms with Crippen molar-refractivity contribution in [3.8, 4) is 0 Å². The smallest absolute Gasteiger partial charge is 0.00230 e. The van der Waals surface area contributed by atoms with E-state index in [9.17, 15) is 0 Å². The second-order valence-electron chi connectivity index (χ2n) is 6.62. The first-order valence-corrected chi connectivity index (χ1v) is 8.95. The molecule has 24 heavy (non-hydrogen) atoms. The van der Waals surface area contributed by atoms with Crippen molar-refractivity contribution in [2.24, 2.45) is 0 Å². The van der Waals surface area contributed by atoms with E-state index in [1.807, 2.05) is 0 Å². The largest absolute Gasteiger partial charge is 0.0651 e. The van der Waals surface area contributed by atoms with Crippen molar-refractivity contribution in [1.82, 2.24) is 0 Å². The average Bonchev–Trinajstić information content (AvgIpc) is 2.60. The van der Waals surface area contributed by atoms with E-state index >= 15 is 0 Å². The average molecular weight is 314 g/mol. The maximum Gasteiger partial charge on any atom is -0.00230 e. The van der Waals surface area contributed by atoms with Crippen molar-refractivity contribution in [2.75, 3.05) is 0 Å². The third-order valence-corrected chi connectivity index (χ3v) is 4.68.